The largest absolute Gasteiger partial charge is 0.497 e. The molecule has 0 fully saturated rings. The van der Waals surface area contributed by atoms with Gasteiger partial charge in [0.25, 0.3) is 0 Å². The average Bonchev–Trinajstić information content (AvgIpc) is 2.52. The number of ether oxygens (including phenoxy) is 2. The van der Waals surface area contributed by atoms with Crippen LogP contribution in [0.3, 0.4) is 0 Å². The third-order valence-corrected chi connectivity index (χ3v) is 2.69. The fraction of sp³-hybridized carbons (Fsp3) is 0.400. The predicted octanol–water partition coefficient (Wildman–Crippen LogP) is 0.688. The van der Waals surface area contributed by atoms with Crippen molar-refractivity contribution in [2.45, 2.75) is 12.8 Å². The topological polar surface area (TPSA) is 89.0 Å². The van der Waals surface area contributed by atoms with Gasteiger partial charge in [-0.2, -0.15) is 5.10 Å². The lowest BCUT2D eigenvalue weighted by Crippen LogP contribution is -2.30. The van der Waals surface area contributed by atoms with E-state index < -0.39 is 5.91 Å². The average molecular weight is 307 g/mol. The Morgan fingerprint density at radius 1 is 1.18 bits per heavy atom. The molecule has 0 spiro atoms. The molecule has 1 aromatic rings. The van der Waals surface area contributed by atoms with Crippen molar-refractivity contribution in [2.75, 3.05) is 27.4 Å². The van der Waals surface area contributed by atoms with Crippen LogP contribution in [0.4, 0.5) is 0 Å². The molecule has 2 amide bonds. The molecular formula is C15H21N3O4. The number of methoxy groups -OCH3 is 2. The van der Waals surface area contributed by atoms with Crippen molar-refractivity contribution in [2.24, 2.45) is 5.10 Å². The van der Waals surface area contributed by atoms with Gasteiger partial charge in [0, 0.05) is 20.3 Å². The number of nitrogens with zero attached hydrogens (tertiary/aromatic N) is 1. The second-order valence-electron chi connectivity index (χ2n) is 4.44. The Morgan fingerprint density at radius 3 is 2.55 bits per heavy atom. The van der Waals surface area contributed by atoms with Crippen LogP contribution < -0.4 is 15.5 Å². The first kappa shape index (κ1) is 17.6. The first-order valence-electron chi connectivity index (χ1n) is 6.87. The smallest absolute Gasteiger partial charge is 0.249 e. The van der Waals surface area contributed by atoms with E-state index in [2.05, 4.69) is 15.8 Å². The molecule has 0 bridgehead atoms. The molecule has 1 rings (SSSR count). The Hall–Kier alpha value is -2.41. The molecule has 0 aliphatic carbocycles. The zero-order chi connectivity index (χ0) is 16.2. The number of carbonyl (C=O) groups is 2. The molecule has 0 atom stereocenters. The lowest BCUT2D eigenvalue weighted by atomic mass is 10.2. The summed E-state index contributed by atoms with van der Waals surface area (Å²) in [6.45, 7) is 1.05. The molecule has 0 aliphatic heterocycles. The monoisotopic (exact) mass is 307 g/mol. The van der Waals surface area contributed by atoms with Crippen molar-refractivity contribution >= 4 is 18.0 Å². The van der Waals surface area contributed by atoms with Gasteiger partial charge in [-0.05, 0) is 36.2 Å². The SMILES string of the molecule is COCCCNC(=O)CC(=O)N/N=C\c1ccc(OC)cc1. The molecule has 2 N–H and O–H groups in total. The molecule has 120 valence electrons. The van der Waals surface area contributed by atoms with Crippen molar-refractivity contribution in [3.8, 4) is 5.75 Å². The summed E-state index contributed by atoms with van der Waals surface area (Å²) in [4.78, 5) is 22.9. The van der Waals surface area contributed by atoms with Crippen LogP contribution in [-0.4, -0.2) is 45.4 Å². The second kappa shape index (κ2) is 10.3. The van der Waals surface area contributed by atoms with Crippen LogP contribution in [0.5, 0.6) is 5.75 Å². The molecule has 0 radical (unpaired) electrons. The van der Waals surface area contributed by atoms with Crippen LogP contribution in [0.15, 0.2) is 29.4 Å². The minimum atomic E-state index is -0.464. The van der Waals surface area contributed by atoms with E-state index in [9.17, 15) is 9.59 Å². The fourth-order valence-corrected chi connectivity index (χ4v) is 1.56. The van der Waals surface area contributed by atoms with Crippen LogP contribution in [0.2, 0.25) is 0 Å². The van der Waals surface area contributed by atoms with Gasteiger partial charge in [-0.15, -0.1) is 0 Å². The van der Waals surface area contributed by atoms with Gasteiger partial charge in [0.2, 0.25) is 11.8 Å². The number of hydrogen-bond donors (Lipinski definition) is 2. The van der Waals surface area contributed by atoms with Crippen molar-refractivity contribution in [1.29, 1.82) is 0 Å². The van der Waals surface area contributed by atoms with Crippen LogP contribution in [-0.2, 0) is 14.3 Å². The van der Waals surface area contributed by atoms with E-state index in [1.165, 1.54) is 6.21 Å². The Bertz CT molecular complexity index is 500. The number of hydrazone groups is 1. The van der Waals surface area contributed by atoms with E-state index >= 15 is 0 Å². The number of hydrogen-bond acceptors (Lipinski definition) is 5. The molecule has 0 aliphatic rings. The molecule has 0 unspecified atom stereocenters. The highest BCUT2D eigenvalue weighted by molar-refractivity contribution is 5.97. The van der Waals surface area contributed by atoms with Crippen molar-refractivity contribution in [1.82, 2.24) is 10.7 Å². The summed E-state index contributed by atoms with van der Waals surface area (Å²) >= 11 is 0. The van der Waals surface area contributed by atoms with E-state index in [-0.39, 0.29) is 12.3 Å². The van der Waals surface area contributed by atoms with Crippen LogP contribution >= 0.6 is 0 Å². The van der Waals surface area contributed by atoms with Gasteiger partial charge in [-0.1, -0.05) is 0 Å². The van der Waals surface area contributed by atoms with Crippen molar-refractivity contribution in [3.05, 3.63) is 29.8 Å². The highest BCUT2D eigenvalue weighted by Gasteiger charge is 2.07. The standard InChI is InChI=1S/C15H21N3O4/c1-21-9-3-8-16-14(19)10-15(20)18-17-11-12-4-6-13(22-2)7-5-12/h4-7,11H,3,8-10H2,1-2H3,(H,16,19)(H,18,20)/b17-11-. The van der Waals surface area contributed by atoms with Gasteiger partial charge in [-0.3, -0.25) is 9.59 Å². The zero-order valence-electron chi connectivity index (χ0n) is 12.8. The van der Waals surface area contributed by atoms with Gasteiger partial charge >= 0.3 is 0 Å². The predicted molar refractivity (Wildman–Crippen MR) is 82.9 cm³/mol. The van der Waals surface area contributed by atoms with E-state index in [0.29, 0.717) is 19.6 Å². The summed E-state index contributed by atoms with van der Waals surface area (Å²) in [5, 5.41) is 6.42. The summed E-state index contributed by atoms with van der Waals surface area (Å²) < 4.78 is 9.89. The molecule has 0 heterocycles. The van der Waals surface area contributed by atoms with E-state index in [1.807, 2.05) is 0 Å². The summed E-state index contributed by atoms with van der Waals surface area (Å²) in [5.74, 6) is -0.0615. The lowest BCUT2D eigenvalue weighted by Gasteiger charge is -2.04. The van der Waals surface area contributed by atoms with Crippen LogP contribution in [0.25, 0.3) is 0 Å². The van der Waals surface area contributed by atoms with Crippen molar-refractivity contribution < 1.29 is 19.1 Å². The Balaban J connectivity index is 2.26. The molecule has 22 heavy (non-hydrogen) atoms. The fourth-order valence-electron chi connectivity index (χ4n) is 1.56. The summed E-state index contributed by atoms with van der Waals surface area (Å²) in [6.07, 6.45) is 1.94. The molecular weight excluding hydrogens is 286 g/mol. The lowest BCUT2D eigenvalue weighted by molar-refractivity contribution is -0.129. The Morgan fingerprint density at radius 2 is 1.91 bits per heavy atom. The van der Waals surface area contributed by atoms with E-state index in [0.717, 1.165) is 11.3 Å². The molecule has 7 nitrogen and oxygen atoms in total. The van der Waals surface area contributed by atoms with Crippen LogP contribution in [0, 0.1) is 0 Å². The van der Waals surface area contributed by atoms with Gasteiger partial charge in [0.1, 0.15) is 12.2 Å². The molecule has 0 saturated heterocycles. The number of benzene rings is 1. The molecule has 7 heteroatoms. The third kappa shape index (κ3) is 7.39. The molecule has 1 aromatic carbocycles. The Labute approximate surface area is 129 Å². The molecule has 0 saturated carbocycles. The summed E-state index contributed by atoms with van der Waals surface area (Å²) in [6, 6.07) is 7.18. The molecule has 0 aromatic heterocycles. The first-order valence-corrected chi connectivity index (χ1v) is 6.87. The maximum atomic E-state index is 11.5. The number of amides is 2. The first-order chi connectivity index (χ1) is 10.7. The van der Waals surface area contributed by atoms with Gasteiger partial charge in [0.15, 0.2) is 0 Å². The van der Waals surface area contributed by atoms with Crippen LogP contribution in [0.1, 0.15) is 18.4 Å². The number of rotatable bonds is 9. The highest BCUT2D eigenvalue weighted by atomic mass is 16.5. The zero-order valence-corrected chi connectivity index (χ0v) is 12.8. The minimum Gasteiger partial charge on any atom is -0.497 e. The van der Waals surface area contributed by atoms with Gasteiger partial charge in [0.05, 0.1) is 13.3 Å². The van der Waals surface area contributed by atoms with Gasteiger partial charge in [-0.25, -0.2) is 5.43 Å². The highest BCUT2D eigenvalue weighted by Crippen LogP contribution is 2.09. The Kier molecular flexibility index (Phi) is 8.29. The normalized spacial score (nSPS) is 10.5. The van der Waals surface area contributed by atoms with E-state index in [4.69, 9.17) is 9.47 Å². The second-order valence-corrected chi connectivity index (χ2v) is 4.44. The third-order valence-electron chi connectivity index (χ3n) is 2.69. The maximum Gasteiger partial charge on any atom is 0.249 e. The van der Waals surface area contributed by atoms with Crippen molar-refractivity contribution in [3.63, 3.8) is 0 Å². The summed E-state index contributed by atoms with van der Waals surface area (Å²) in [7, 11) is 3.18. The maximum absolute atomic E-state index is 11.5. The van der Waals surface area contributed by atoms with E-state index in [1.54, 1.807) is 38.5 Å². The summed E-state index contributed by atoms with van der Waals surface area (Å²) in [5.41, 5.74) is 3.12. The van der Waals surface area contributed by atoms with Gasteiger partial charge < -0.3 is 14.8 Å². The number of carbonyl (C=O) groups excluding carboxylic acids is 2. The quantitative estimate of drug-likeness (QED) is 0.304. The number of nitrogens with one attached hydrogen (secondary N) is 2. The minimum absolute atomic E-state index is 0.257.